The molecule has 5 aliphatic carbocycles. The number of carbonyl (C=O) groups is 2. The molecule has 0 N–H and O–H groups in total. The lowest BCUT2D eigenvalue weighted by Crippen LogP contribution is -2.66. The van der Waals surface area contributed by atoms with Gasteiger partial charge in [-0.3, -0.25) is 9.59 Å². The molecule has 4 fully saturated rings. The minimum absolute atomic E-state index is 0.00888. The van der Waals surface area contributed by atoms with Crippen molar-refractivity contribution in [3.63, 3.8) is 0 Å². The largest absolute Gasteiger partial charge is 0.460 e. The highest BCUT2D eigenvalue weighted by atomic mass is 16.5. The van der Waals surface area contributed by atoms with Crippen molar-refractivity contribution in [3.8, 4) is 0 Å². The molecule has 0 amide bonds. The number of allylic oxidation sites excluding steroid dienone is 2. The second-order valence-corrected chi connectivity index (χ2v) is 17.4. The summed E-state index contributed by atoms with van der Waals surface area (Å²) in [5, 5.41) is 0. The predicted octanol–water partition coefficient (Wildman–Crippen LogP) is 9.39. The fourth-order valence-electron chi connectivity index (χ4n) is 12.0. The zero-order valence-corrected chi connectivity index (χ0v) is 27.9. The van der Waals surface area contributed by atoms with E-state index in [1.807, 2.05) is 30.3 Å². The third kappa shape index (κ3) is 4.19. The van der Waals surface area contributed by atoms with Gasteiger partial charge in [-0.2, -0.15) is 0 Å². The first-order chi connectivity index (χ1) is 20.1. The number of benzene rings is 1. The Morgan fingerprint density at radius 3 is 2.28 bits per heavy atom. The van der Waals surface area contributed by atoms with E-state index in [2.05, 4.69) is 60.2 Å². The van der Waals surface area contributed by atoms with Gasteiger partial charge in [-0.1, -0.05) is 89.9 Å². The first kappa shape index (κ1) is 30.6. The summed E-state index contributed by atoms with van der Waals surface area (Å²) in [4.78, 5) is 31.7. The molecule has 4 nitrogen and oxygen atoms in total. The van der Waals surface area contributed by atoms with Crippen LogP contribution in [-0.2, 0) is 20.9 Å². The second kappa shape index (κ2) is 9.79. The van der Waals surface area contributed by atoms with Crippen LogP contribution in [0.5, 0.6) is 0 Å². The van der Waals surface area contributed by atoms with Gasteiger partial charge < -0.3 is 9.58 Å². The summed E-state index contributed by atoms with van der Waals surface area (Å²) in [6.45, 7) is 27.2. The minimum atomic E-state index is -0.533. The molecule has 4 saturated carbocycles. The van der Waals surface area contributed by atoms with Crippen LogP contribution in [0.2, 0.25) is 0 Å². The van der Waals surface area contributed by atoms with Gasteiger partial charge in [0.15, 0.2) is 0 Å². The number of nitrogens with zero attached hydrogens (tertiary/aromatic N) is 1. The van der Waals surface area contributed by atoms with Gasteiger partial charge in [0.05, 0.1) is 5.41 Å². The molecule has 0 radical (unpaired) electrons. The third-order valence-corrected chi connectivity index (χ3v) is 14.4. The molecule has 4 heteroatoms. The Morgan fingerprint density at radius 1 is 0.930 bits per heavy atom. The lowest BCUT2D eigenvalue weighted by molar-refractivity contribution is -0.193. The average molecular weight is 584 g/mol. The Bertz CT molecular complexity index is 1400. The standard InChI is InChI=1S/C39H53NO3/c1-25-21-30-36(6)23-28(40-9)32(41)35(4,5)29(36)15-16-37(30,7)38(8)18-20-39(19-17-34(2,3)22-27(39)31(25)38)33(42)43-24-26-13-11-10-12-14-26/h10-14,27-30H,15-24H2,1-8H3/t27-,28?,29-,30?,36-,37+,38+,39-/m0/s1. The van der Waals surface area contributed by atoms with Crippen molar-refractivity contribution >= 4 is 11.8 Å². The Kier molecular flexibility index (Phi) is 6.97. The molecule has 43 heavy (non-hydrogen) atoms. The second-order valence-electron chi connectivity index (χ2n) is 17.4. The molecule has 8 atom stereocenters. The van der Waals surface area contributed by atoms with Crippen LogP contribution in [0.4, 0.5) is 0 Å². The van der Waals surface area contributed by atoms with E-state index in [4.69, 9.17) is 11.3 Å². The van der Waals surface area contributed by atoms with Gasteiger partial charge in [0.1, 0.15) is 6.61 Å². The van der Waals surface area contributed by atoms with E-state index in [1.54, 1.807) is 5.57 Å². The van der Waals surface area contributed by atoms with Gasteiger partial charge in [0.25, 0.3) is 6.04 Å². The van der Waals surface area contributed by atoms with Crippen LogP contribution in [0.3, 0.4) is 0 Å². The zero-order chi connectivity index (χ0) is 31.2. The van der Waals surface area contributed by atoms with E-state index in [-0.39, 0.29) is 39.3 Å². The minimum Gasteiger partial charge on any atom is -0.460 e. The van der Waals surface area contributed by atoms with Crippen LogP contribution < -0.4 is 0 Å². The van der Waals surface area contributed by atoms with Gasteiger partial charge in [-0.25, -0.2) is 6.57 Å². The van der Waals surface area contributed by atoms with Crippen molar-refractivity contribution in [1.29, 1.82) is 0 Å². The Labute approximate surface area is 260 Å². The lowest BCUT2D eigenvalue weighted by Gasteiger charge is -2.71. The molecule has 0 heterocycles. The summed E-state index contributed by atoms with van der Waals surface area (Å²) >= 11 is 0. The number of ether oxygens (including phenoxy) is 1. The molecule has 0 saturated heterocycles. The molecular formula is C39H53NO3. The number of esters is 1. The fraction of sp³-hybridized carbons (Fsp3) is 0.718. The van der Waals surface area contributed by atoms with Crippen LogP contribution >= 0.6 is 0 Å². The van der Waals surface area contributed by atoms with Crippen molar-refractivity contribution in [1.82, 2.24) is 0 Å². The number of ketones is 1. The van der Waals surface area contributed by atoms with Crippen LogP contribution in [0.25, 0.3) is 4.85 Å². The number of Topliss-reactive ketones (excluding diaryl/α,β-unsaturated/α-hetero) is 1. The predicted molar refractivity (Wildman–Crippen MR) is 171 cm³/mol. The SMILES string of the molecule is [C-]#[N+]C1C[C@]2(C)C3CC(C)=C4[C@@H]5CC(C)(C)CC[C@]5(C(=O)OCc5ccccc5)CC[C@@]4(C)[C@]3(C)CC[C@H]2C(C)(C)C1=O. The number of rotatable bonds is 3. The van der Waals surface area contributed by atoms with Crippen LogP contribution in [0.1, 0.15) is 119 Å². The maximum absolute atomic E-state index is 14.3. The van der Waals surface area contributed by atoms with E-state index in [9.17, 15) is 9.59 Å². The van der Waals surface area contributed by atoms with E-state index < -0.39 is 16.9 Å². The number of hydrogen-bond acceptors (Lipinski definition) is 3. The van der Waals surface area contributed by atoms with Crippen LogP contribution in [-0.4, -0.2) is 17.8 Å². The average Bonchev–Trinajstić information content (AvgIpc) is 2.95. The quantitative estimate of drug-likeness (QED) is 0.202. The monoisotopic (exact) mass is 583 g/mol. The summed E-state index contributed by atoms with van der Waals surface area (Å²) in [7, 11) is 0. The van der Waals surface area contributed by atoms with Crippen molar-refractivity contribution in [2.24, 2.45) is 50.2 Å². The highest BCUT2D eigenvalue weighted by Crippen LogP contribution is 2.76. The van der Waals surface area contributed by atoms with E-state index in [0.717, 1.165) is 56.9 Å². The molecule has 0 spiro atoms. The number of fused-ring (bicyclic) bond motifs is 7. The summed E-state index contributed by atoms with van der Waals surface area (Å²) in [5.74, 6) is 1.07. The van der Waals surface area contributed by atoms with Crippen molar-refractivity contribution in [2.75, 3.05) is 0 Å². The molecule has 6 rings (SSSR count). The summed E-state index contributed by atoms with van der Waals surface area (Å²) < 4.78 is 6.20. The smallest absolute Gasteiger partial charge is 0.313 e. The Balaban J connectivity index is 1.42. The molecular weight excluding hydrogens is 530 g/mol. The maximum Gasteiger partial charge on any atom is 0.313 e. The van der Waals surface area contributed by atoms with Crippen molar-refractivity contribution < 1.29 is 14.3 Å². The summed E-state index contributed by atoms with van der Waals surface area (Å²) in [6, 6.07) is 9.55. The first-order valence-electron chi connectivity index (χ1n) is 16.9. The first-order valence-corrected chi connectivity index (χ1v) is 16.9. The molecule has 0 aliphatic heterocycles. The summed E-state index contributed by atoms with van der Waals surface area (Å²) in [5.41, 5.74) is 3.30. The van der Waals surface area contributed by atoms with Gasteiger partial charge in [-0.15, -0.1) is 0 Å². The molecule has 2 unspecified atom stereocenters. The fourth-order valence-corrected chi connectivity index (χ4v) is 12.0. The molecule has 0 bridgehead atoms. The Hall–Kier alpha value is -2.41. The lowest BCUT2D eigenvalue weighted by atomic mass is 9.32. The number of hydrogen-bond donors (Lipinski definition) is 0. The van der Waals surface area contributed by atoms with Gasteiger partial charge in [0.2, 0.25) is 5.78 Å². The van der Waals surface area contributed by atoms with Crippen molar-refractivity contribution in [3.05, 3.63) is 58.5 Å². The molecule has 232 valence electrons. The summed E-state index contributed by atoms with van der Waals surface area (Å²) in [6.07, 6.45) is 8.69. The normalized spacial score (nSPS) is 42.9. The van der Waals surface area contributed by atoms with Crippen molar-refractivity contribution in [2.45, 2.75) is 126 Å². The zero-order valence-electron chi connectivity index (χ0n) is 27.9. The maximum atomic E-state index is 14.3. The topological polar surface area (TPSA) is 47.7 Å². The van der Waals surface area contributed by atoms with Gasteiger partial charge >= 0.3 is 5.97 Å². The molecule has 1 aromatic carbocycles. The highest BCUT2D eigenvalue weighted by molar-refractivity contribution is 5.92. The van der Waals surface area contributed by atoms with Gasteiger partial charge in [-0.05, 0) is 103 Å². The van der Waals surface area contributed by atoms with E-state index in [1.165, 1.54) is 5.57 Å². The number of carbonyl (C=O) groups excluding carboxylic acids is 2. The highest BCUT2D eigenvalue weighted by Gasteiger charge is 2.71. The molecule has 5 aliphatic rings. The van der Waals surface area contributed by atoms with Gasteiger partial charge in [0, 0.05) is 11.8 Å². The van der Waals surface area contributed by atoms with E-state index in [0.29, 0.717) is 24.9 Å². The molecule has 1 aromatic rings. The molecule has 0 aromatic heterocycles. The van der Waals surface area contributed by atoms with Crippen LogP contribution in [0, 0.1) is 56.8 Å². The van der Waals surface area contributed by atoms with Crippen LogP contribution in [0.15, 0.2) is 41.5 Å². The Morgan fingerprint density at radius 2 is 1.60 bits per heavy atom. The van der Waals surface area contributed by atoms with E-state index >= 15 is 0 Å². The third-order valence-electron chi connectivity index (χ3n) is 14.4.